The maximum Gasteiger partial charge on any atom is 0.222 e. The topological polar surface area (TPSA) is 49.4 Å². The lowest BCUT2D eigenvalue weighted by molar-refractivity contribution is -0.131. The summed E-state index contributed by atoms with van der Waals surface area (Å²) in [7, 11) is 0. The average Bonchev–Trinajstić information content (AvgIpc) is 3.46. The Morgan fingerprint density at radius 1 is 1.06 bits per heavy atom. The van der Waals surface area contributed by atoms with Gasteiger partial charge in [0.1, 0.15) is 5.82 Å². The van der Waals surface area contributed by atoms with E-state index in [-0.39, 0.29) is 23.5 Å². The van der Waals surface area contributed by atoms with E-state index in [1.54, 1.807) is 6.07 Å². The molecule has 3 aromatic rings. The van der Waals surface area contributed by atoms with Crippen molar-refractivity contribution in [1.82, 2.24) is 10.2 Å². The van der Waals surface area contributed by atoms with Gasteiger partial charge in [-0.3, -0.25) is 9.59 Å². The molecular weight excluding hydrogens is 415 g/mol. The highest BCUT2D eigenvalue weighted by atomic mass is 19.1. The molecule has 0 saturated carbocycles. The van der Waals surface area contributed by atoms with E-state index >= 15 is 0 Å². The number of carbonyl (C=O) groups is 2. The number of hydrogen-bond acceptors (Lipinski definition) is 2. The Kier molecular flexibility index (Phi) is 5.88. The van der Waals surface area contributed by atoms with Gasteiger partial charge in [-0.15, -0.1) is 0 Å². The number of fused-ring (bicyclic) bond motifs is 1. The van der Waals surface area contributed by atoms with Crippen molar-refractivity contribution in [2.75, 3.05) is 13.1 Å². The first-order valence-electron chi connectivity index (χ1n) is 11.8. The quantitative estimate of drug-likeness (QED) is 0.584. The van der Waals surface area contributed by atoms with Gasteiger partial charge in [-0.1, -0.05) is 60.7 Å². The Balaban J connectivity index is 1.28. The first-order chi connectivity index (χ1) is 16.0. The smallest absolute Gasteiger partial charge is 0.222 e. The van der Waals surface area contributed by atoms with Crippen LogP contribution in [0.1, 0.15) is 49.1 Å². The molecule has 2 aliphatic heterocycles. The molecule has 2 heterocycles. The van der Waals surface area contributed by atoms with Gasteiger partial charge in [-0.25, -0.2) is 4.39 Å². The van der Waals surface area contributed by atoms with Crippen LogP contribution in [-0.4, -0.2) is 35.3 Å². The summed E-state index contributed by atoms with van der Waals surface area (Å²) in [6, 6.07) is 21.4. The van der Waals surface area contributed by atoms with Crippen LogP contribution in [0.2, 0.25) is 0 Å². The molecule has 2 aliphatic rings. The van der Waals surface area contributed by atoms with Gasteiger partial charge in [0.2, 0.25) is 11.8 Å². The predicted octanol–water partition coefficient (Wildman–Crippen LogP) is 4.97. The van der Waals surface area contributed by atoms with Gasteiger partial charge in [-0.05, 0) is 53.6 Å². The fraction of sp³-hybridized carbons (Fsp3) is 0.357. The summed E-state index contributed by atoms with van der Waals surface area (Å²) < 4.78 is 14.2. The molecule has 0 unspecified atom stereocenters. The molecule has 2 fully saturated rings. The SMILES string of the molecule is O=C1CC[C@](CCC(=O)N2CC[C@@H](c3ccccc3F)C2)(Cc2cccc3ccccc23)N1. The Morgan fingerprint density at radius 3 is 2.67 bits per heavy atom. The van der Waals surface area contributed by atoms with Crippen LogP contribution in [0.3, 0.4) is 0 Å². The minimum atomic E-state index is -0.401. The van der Waals surface area contributed by atoms with Gasteiger partial charge in [0.05, 0.1) is 0 Å². The van der Waals surface area contributed by atoms with Crippen LogP contribution in [0.15, 0.2) is 66.7 Å². The molecule has 0 aliphatic carbocycles. The first kappa shape index (κ1) is 21.6. The van der Waals surface area contributed by atoms with Gasteiger partial charge in [0.15, 0.2) is 0 Å². The maximum atomic E-state index is 14.2. The minimum Gasteiger partial charge on any atom is -0.350 e. The van der Waals surface area contributed by atoms with Crippen molar-refractivity contribution in [1.29, 1.82) is 0 Å². The number of rotatable bonds is 6. The lowest BCUT2D eigenvalue weighted by Crippen LogP contribution is -2.44. The number of nitrogens with one attached hydrogen (secondary N) is 1. The maximum absolute atomic E-state index is 14.2. The Labute approximate surface area is 193 Å². The molecule has 0 spiro atoms. The van der Waals surface area contributed by atoms with E-state index in [4.69, 9.17) is 0 Å². The number of carbonyl (C=O) groups excluding carboxylic acids is 2. The lowest BCUT2D eigenvalue weighted by Gasteiger charge is -2.30. The summed E-state index contributed by atoms with van der Waals surface area (Å²) in [6.07, 6.45) is 3.73. The van der Waals surface area contributed by atoms with Crippen molar-refractivity contribution < 1.29 is 14.0 Å². The average molecular weight is 445 g/mol. The molecule has 5 rings (SSSR count). The van der Waals surface area contributed by atoms with Gasteiger partial charge >= 0.3 is 0 Å². The van der Waals surface area contributed by atoms with Crippen molar-refractivity contribution >= 4 is 22.6 Å². The van der Waals surface area contributed by atoms with Crippen molar-refractivity contribution in [2.24, 2.45) is 0 Å². The van der Waals surface area contributed by atoms with Crippen LogP contribution < -0.4 is 5.32 Å². The monoisotopic (exact) mass is 444 g/mol. The largest absolute Gasteiger partial charge is 0.350 e. The molecule has 4 nitrogen and oxygen atoms in total. The standard InChI is InChI=1S/C28H29FN2O2/c29-25-11-4-3-10-24(25)22-14-17-31(19-22)27(33)13-16-28(15-12-26(32)30-28)18-21-8-5-7-20-6-1-2-9-23(20)21/h1-11,22H,12-19H2,(H,30,32)/t22-,28+/m1/s1. The van der Waals surface area contributed by atoms with Crippen molar-refractivity contribution in [2.45, 2.75) is 50.0 Å². The van der Waals surface area contributed by atoms with E-state index in [2.05, 4.69) is 35.6 Å². The lowest BCUT2D eigenvalue weighted by atomic mass is 9.83. The van der Waals surface area contributed by atoms with E-state index in [9.17, 15) is 14.0 Å². The molecule has 5 heteroatoms. The number of amides is 2. The molecule has 170 valence electrons. The van der Waals surface area contributed by atoms with Gasteiger partial charge < -0.3 is 10.2 Å². The summed E-state index contributed by atoms with van der Waals surface area (Å²) in [4.78, 5) is 27.1. The van der Waals surface area contributed by atoms with Crippen molar-refractivity contribution in [3.05, 3.63) is 83.7 Å². The van der Waals surface area contributed by atoms with Gasteiger partial charge in [0, 0.05) is 37.4 Å². The zero-order valence-corrected chi connectivity index (χ0v) is 18.7. The third kappa shape index (κ3) is 4.50. The van der Waals surface area contributed by atoms with E-state index in [1.807, 2.05) is 29.2 Å². The Morgan fingerprint density at radius 2 is 1.85 bits per heavy atom. The minimum absolute atomic E-state index is 0.0472. The highest BCUT2D eigenvalue weighted by molar-refractivity contribution is 5.86. The molecule has 33 heavy (non-hydrogen) atoms. The van der Waals surface area contributed by atoms with Gasteiger partial charge in [-0.2, -0.15) is 0 Å². The predicted molar refractivity (Wildman–Crippen MR) is 127 cm³/mol. The van der Waals surface area contributed by atoms with Crippen LogP contribution in [0.4, 0.5) is 4.39 Å². The molecule has 1 N–H and O–H groups in total. The highest BCUT2D eigenvalue weighted by Crippen LogP contribution is 2.34. The summed E-state index contributed by atoms with van der Waals surface area (Å²) in [6.45, 7) is 1.21. The summed E-state index contributed by atoms with van der Waals surface area (Å²) in [5.74, 6) is 0.00115. The van der Waals surface area contributed by atoms with Gasteiger partial charge in [0.25, 0.3) is 0 Å². The molecule has 0 aromatic heterocycles. The molecule has 3 aromatic carbocycles. The fourth-order valence-corrected chi connectivity index (χ4v) is 5.54. The van der Waals surface area contributed by atoms with Crippen molar-refractivity contribution in [3.8, 4) is 0 Å². The molecule has 2 amide bonds. The number of benzene rings is 3. The first-order valence-corrected chi connectivity index (χ1v) is 11.8. The molecule has 0 bridgehead atoms. The zero-order chi connectivity index (χ0) is 22.8. The molecule has 2 atom stereocenters. The molecule has 2 saturated heterocycles. The van der Waals surface area contributed by atoms with Crippen LogP contribution in [0.5, 0.6) is 0 Å². The second-order valence-electron chi connectivity index (χ2n) is 9.49. The number of nitrogens with zero attached hydrogens (tertiary/aromatic N) is 1. The van der Waals surface area contributed by atoms with Crippen LogP contribution in [0, 0.1) is 5.82 Å². The number of hydrogen-bond donors (Lipinski definition) is 1. The summed E-state index contributed by atoms with van der Waals surface area (Å²) in [5, 5.41) is 5.59. The molecule has 0 radical (unpaired) electrons. The van der Waals surface area contributed by atoms with E-state index in [0.29, 0.717) is 44.3 Å². The van der Waals surface area contributed by atoms with Crippen LogP contribution in [0.25, 0.3) is 10.8 Å². The van der Waals surface area contributed by atoms with Crippen LogP contribution >= 0.6 is 0 Å². The Hall–Kier alpha value is -3.21. The normalized spacial score (nSPS) is 22.6. The van der Waals surface area contributed by atoms with Crippen LogP contribution in [-0.2, 0) is 16.0 Å². The summed E-state index contributed by atoms with van der Waals surface area (Å²) in [5.41, 5.74) is 1.49. The summed E-state index contributed by atoms with van der Waals surface area (Å²) >= 11 is 0. The zero-order valence-electron chi connectivity index (χ0n) is 18.7. The second kappa shape index (κ2) is 8.97. The Bertz CT molecular complexity index is 1190. The van der Waals surface area contributed by atoms with E-state index < -0.39 is 5.54 Å². The van der Waals surface area contributed by atoms with Crippen molar-refractivity contribution in [3.63, 3.8) is 0 Å². The molecular formula is C28H29FN2O2. The fourth-order valence-electron chi connectivity index (χ4n) is 5.54. The van der Waals surface area contributed by atoms with E-state index in [1.165, 1.54) is 22.4 Å². The highest BCUT2D eigenvalue weighted by Gasteiger charge is 2.39. The van der Waals surface area contributed by atoms with E-state index in [0.717, 1.165) is 12.8 Å². The third-order valence-corrected chi connectivity index (χ3v) is 7.35. The third-order valence-electron chi connectivity index (χ3n) is 7.35. The number of likely N-dealkylation sites (tertiary alicyclic amines) is 1. The second-order valence-corrected chi connectivity index (χ2v) is 9.49. The number of halogens is 1.